The van der Waals surface area contributed by atoms with E-state index in [-0.39, 0.29) is 19.3 Å². The molecule has 0 aliphatic heterocycles. The second kappa shape index (κ2) is 44.1. The Kier molecular flexibility index (Phi) is 35.6. The van der Waals surface area contributed by atoms with Crippen LogP contribution in [0.1, 0.15) is 278 Å². The van der Waals surface area contributed by atoms with Crippen LogP contribution in [-0.2, 0) is 28.6 Å². The van der Waals surface area contributed by atoms with Crippen molar-refractivity contribution < 1.29 is 35.4 Å². The van der Waals surface area contributed by atoms with Crippen LogP contribution in [-0.4, -0.2) is 37.1 Å². The van der Waals surface area contributed by atoms with Crippen LogP contribution in [0, 0.1) is 0 Å². The number of unbranched alkanes of at least 4 members (excludes halogenated alkanes) is 33. The molecule has 0 aromatic rings. The second-order valence-electron chi connectivity index (χ2n) is 15.9. The van der Waals surface area contributed by atoms with Gasteiger partial charge in [-0.05, 0) is 19.3 Å². The minimum Gasteiger partial charge on any atom is -0.462 e. The number of hydrogen-bond donors (Lipinski definition) is 0. The predicted octanol–water partition coefficient (Wildman–Crippen LogP) is 15.3. The van der Waals surface area contributed by atoms with Crippen LogP contribution >= 0.6 is 0 Å². The average Bonchev–Trinajstić information content (AvgIpc) is 3.18. The van der Waals surface area contributed by atoms with E-state index in [1.165, 1.54) is 135 Å². The zero-order valence-electron chi connectivity index (χ0n) is 41.0. The summed E-state index contributed by atoms with van der Waals surface area (Å²) in [5.41, 5.74) is 0. The van der Waals surface area contributed by atoms with Crippen LogP contribution in [0.25, 0.3) is 0 Å². The van der Waals surface area contributed by atoms with Gasteiger partial charge in [0.05, 0.1) is 6.85 Å². The summed E-state index contributed by atoms with van der Waals surface area (Å²) in [6.07, 6.45) is 35.6. The zero-order chi connectivity index (χ0) is 43.9. The van der Waals surface area contributed by atoms with Crippen molar-refractivity contribution in [2.45, 2.75) is 277 Å². The van der Waals surface area contributed by atoms with E-state index < -0.39 is 37.1 Å². The van der Waals surface area contributed by atoms with Crippen molar-refractivity contribution in [2.75, 3.05) is 13.1 Å². The van der Waals surface area contributed by atoms with Crippen LogP contribution in [0.5, 0.6) is 0 Å². The molecule has 0 unspecified atom stereocenters. The first-order valence-electron chi connectivity index (χ1n) is 26.0. The van der Waals surface area contributed by atoms with Crippen molar-refractivity contribution >= 4 is 17.9 Å². The van der Waals surface area contributed by atoms with E-state index in [4.69, 9.17) is 21.1 Å². The average molecular weight is 770 g/mol. The van der Waals surface area contributed by atoms with Gasteiger partial charge >= 0.3 is 17.9 Å². The molecule has 0 fully saturated rings. The fourth-order valence-corrected chi connectivity index (χ4v) is 6.87. The fourth-order valence-electron chi connectivity index (χ4n) is 6.87. The molecule has 0 saturated carbocycles. The van der Waals surface area contributed by atoms with Crippen molar-refractivity contribution in [3.63, 3.8) is 0 Å². The summed E-state index contributed by atoms with van der Waals surface area (Å²) in [7, 11) is 0. The van der Waals surface area contributed by atoms with Crippen LogP contribution in [0.3, 0.4) is 0 Å². The van der Waals surface area contributed by atoms with Gasteiger partial charge in [-0.15, -0.1) is 0 Å². The molecule has 6 heteroatoms. The van der Waals surface area contributed by atoms with E-state index in [9.17, 15) is 14.4 Å². The highest BCUT2D eigenvalue weighted by atomic mass is 16.6. The number of carbonyl (C=O) groups is 3. The maximum Gasteiger partial charge on any atom is 0.306 e. The molecule has 0 rings (SSSR count). The standard InChI is InChI=1S/C48H92O6/c1-4-7-10-13-16-19-22-25-28-31-34-37-40-46(49)52-43-45(54-48(51)42-39-36-33-30-27-24-21-18-15-12-9-6-3)44-53-47(50)41-38-35-32-29-26-23-20-17-14-11-8-5-2/h45H,4-44H2,1-3H3/i43D2,44D2,45D. The smallest absolute Gasteiger partial charge is 0.306 e. The first-order valence-corrected chi connectivity index (χ1v) is 23.5. The molecule has 0 bridgehead atoms. The molecule has 6 nitrogen and oxygen atoms in total. The zero-order valence-corrected chi connectivity index (χ0v) is 36.0. The summed E-state index contributed by atoms with van der Waals surface area (Å²) >= 11 is 0. The Bertz CT molecular complexity index is 956. The maximum atomic E-state index is 13.0. The first kappa shape index (κ1) is 43.5. The van der Waals surface area contributed by atoms with E-state index in [1.807, 2.05) is 0 Å². The predicted molar refractivity (Wildman–Crippen MR) is 229 cm³/mol. The van der Waals surface area contributed by atoms with E-state index in [0.717, 1.165) is 77.0 Å². The van der Waals surface area contributed by atoms with Gasteiger partial charge in [0.15, 0.2) is 6.08 Å². The molecule has 0 N–H and O–H groups in total. The number of rotatable bonds is 44. The summed E-state index contributed by atoms with van der Waals surface area (Å²) < 4.78 is 58.5. The molecule has 0 heterocycles. The Morgan fingerprint density at radius 1 is 0.352 bits per heavy atom. The van der Waals surface area contributed by atoms with E-state index in [2.05, 4.69) is 20.8 Å². The third-order valence-electron chi connectivity index (χ3n) is 10.4. The Morgan fingerprint density at radius 2 is 0.556 bits per heavy atom. The lowest BCUT2D eigenvalue weighted by molar-refractivity contribution is -0.167. The van der Waals surface area contributed by atoms with Gasteiger partial charge < -0.3 is 14.2 Å². The topological polar surface area (TPSA) is 78.9 Å². The third kappa shape index (κ3) is 41.6. The molecule has 0 aliphatic rings. The van der Waals surface area contributed by atoms with Crippen molar-refractivity contribution in [3.05, 3.63) is 0 Å². The van der Waals surface area contributed by atoms with E-state index >= 15 is 0 Å². The molecule has 0 aromatic carbocycles. The Balaban J connectivity index is 5.05. The van der Waals surface area contributed by atoms with Crippen molar-refractivity contribution in [1.29, 1.82) is 0 Å². The lowest BCUT2D eigenvalue weighted by Gasteiger charge is -2.18. The number of esters is 3. The highest BCUT2D eigenvalue weighted by Crippen LogP contribution is 2.16. The van der Waals surface area contributed by atoms with E-state index in [1.54, 1.807) is 0 Å². The van der Waals surface area contributed by atoms with Gasteiger partial charge in [-0.3, -0.25) is 14.4 Å². The van der Waals surface area contributed by atoms with Crippen LogP contribution in [0.15, 0.2) is 0 Å². The van der Waals surface area contributed by atoms with Gasteiger partial charge in [0.1, 0.15) is 13.1 Å². The largest absolute Gasteiger partial charge is 0.462 e. The molecule has 0 amide bonds. The highest BCUT2D eigenvalue weighted by Gasteiger charge is 2.19. The Hall–Kier alpha value is -1.59. The molecule has 320 valence electrons. The molecule has 54 heavy (non-hydrogen) atoms. The molecule has 0 saturated heterocycles. The highest BCUT2D eigenvalue weighted by molar-refractivity contribution is 5.71. The lowest BCUT2D eigenvalue weighted by Crippen LogP contribution is -2.30. The Morgan fingerprint density at radius 3 is 0.796 bits per heavy atom. The van der Waals surface area contributed by atoms with Crippen molar-refractivity contribution in [3.8, 4) is 0 Å². The third-order valence-corrected chi connectivity index (χ3v) is 10.4. The maximum absolute atomic E-state index is 13.0. The fraction of sp³-hybridized carbons (Fsp3) is 0.938. The SMILES string of the molecule is [2H]C([2H])(OC(=O)CCCCCCCCCCCCCC)C([2H])(OC(=O)CCCCCCCCCCCCCC)C([2H])([2H])OC(=O)CCCCCCCCCCCCCC. The molecular weight excluding hydrogens is 673 g/mol. The summed E-state index contributed by atoms with van der Waals surface area (Å²) in [5, 5.41) is 0. The van der Waals surface area contributed by atoms with Gasteiger partial charge in [-0.1, -0.05) is 233 Å². The summed E-state index contributed by atoms with van der Waals surface area (Å²) in [6, 6.07) is 0. The van der Waals surface area contributed by atoms with Gasteiger partial charge in [-0.25, -0.2) is 0 Å². The second-order valence-corrected chi connectivity index (χ2v) is 15.9. The number of ether oxygens (including phenoxy) is 3. The molecule has 0 aliphatic carbocycles. The van der Waals surface area contributed by atoms with E-state index in [0.29, 0.717) is 19.3 Å². The van der Waals surface area contributed by atoms with Crippen LogP contribution < -0.4 is 0 Å². The van der Waals surface area contributed by atoms with Gasteiger partial charge in [-0.2, -0.15) is 0 Å². The minimum atomic E-state index is -3.48. The van der Waals surface area contributed by atoms with Gasteiger partial charge in [0.2, 0.25) is 0 Å². The Labute approximate surface area is 343 Å². The van der Waals surface area contributed by atoms with Crippen molar-refractivity contribution in [2.24, 2.45) is 0 Å². The number of hydrogen-bond acceptors (Lipinski definition) is 6. The number of carbonyl (C=O) groups excluding carboxylic acids is 3. The summed E-state index contributed by atoms with van der Waals surface area (Å²) in [6.45, 7) is -0.217. The molecule has 0 atom stereocenters. The first-order chi connectivity index (χ1) is 28.4. The summed E-state index contributed by atoms with van der Waals surface area (Å²) in [4.78, 5) is 38.7. The van der Waals surface area contributed by atoms with Crippen LogP contribution in [0.4, 0.5) is 0 Å². The normalized spacial score (nSPS) is 13.4. The van der Waals surface area contributed by atoms with Crippen LogP contribution in [0.2, 0.25) is 0 Å². The molecule has 0 aromatic heterocycles. The summed E-state index contributed by atoms with van der Waals surface area (Å²) in [5.74, 6) is -2.93. The lowest BCUT2D eigenvalue weighted by atomic mass is 10.0. The van der Waals surface area contributed by atoms with Crippen molar-refractivity contribution in [1.82, 2.24) is 0 Å². The molecule has 0 radical (unpaired) electrons. The van der Waals surface area contributed by atoms with Gasteiger partial charge in [0, 0.05) is 19.3 Å². The molecule has 0 spiro atoms. The monoisotopic (exact) mass is 770 g/mol. The molecular formula is C48H92O6. The minimum absolute atomic E-state index is 0.123. The van der Waals surface area contributed by atoms with Gasteiger partial charge in [0.25, 0.3) is 0 Å². The quantitative estimate of drug-likeness (QED) is 0.0349.